The van der Waals surface area contributed by atoms with Crippen LogP contribution < -0.4 is 10.1 Å². The zero-order valence-corrected chi connectivity index (χ0v) is 10.7. The van der Waals surface area contributed by atoms with Crippen LogP contribution in [0, 0.1) is 11.8 Å². The number of rotatable bonds is 6. The van der Waals surface area contributed by atoms with Gasteiger partial charge in [0.05, 0.1) is 18.8 Å². The first-order valence-electron chi connectivity index (χ1n) is 5.82. The van der Waals surface area contributed by atoms with Gasteiger partial charge in [0.25, 0.3) is 0 Å². The predicted molar refractivity (Wildman–Crippen MR) is 67.7 cm³/mol. The fraction of sp³-hybridized carbons (Fsp3) is 0.538. The quantitative estimate of drug-likeness (QED) is 0.763. The molecule has 0 radical (unpaired) electrons. The molecule has 0 fully saturated rings. The first-order chi connectivity index (χ1) is 8.31. The van der Waals surface area contributed by atoms with Crippen LogP contribution >= 0.6 is 0 Å². The smallest absolute Gasteiger partial charge is 0.233 e. The molecule has 0 amide bonds. The number of aromatic nitrogens is 2. The molecular formula is C13H19N3O. The Morgan fingerprint density at radius 2 is 2.24 bits per heavy atom. The van der Waals surface area contributed by atoms with Gasteiger partial charge in [0, 0.05) is 12.5 Å². The van der Waals surface area contributed by atoms with Crippen molar-refractivity contribution in [2.75, 3.05) is 13.7 Å². The maximum absolute atomic E-state index is 4.99. The van der Waals surface area contributed by atoms with E-state index in [1.165, 1.54) is 0 Å². The van der Waals surface area contributed by atoms with Crippen molar-refractivity contribution in [2.24, 2.45) is 0 Å². The molecule has 0 aromatic carbocycles. The Morgan fingerprint density at radius 3 is 2.76 bits per heavy atom. The molecule has 17 heavy (non-hydrogen) atoms. The topological polar surface area (TPSA) is 47.0 Å². The van der Waals surface area contributed by atoms with E-state index in [1.54, 1.807) is 7.11 Å². The summed E-state index contributed by atoms with van der Waals surface area (Å²) in [5, 5.41) is 11.5. The number of methoxy groups -OCH3 is 1. The molecular weight excluding hydrogens is 214 g/mol. The van der Waals surface area contributed by atoms with Gasteiger partial charge in [-0.25, -0.2) is 0 Å². The van der Waals surface area contributed by atoms with E-state index in [1.807, 2.05) is 19.1 Å². The molecule has 1 aromatic rings. The number of ether oxygens (including phenoxy) is 1. The standard InChI is InChI=1S/C13H19N3O/c1-4-6-7-8-11(14-5-2)12-9-10-13(17-3)16-15-12/h9-11,14H,5,7-8H2,1-3H3. The molecule has 4 nitrogen and oxygen atoms in total. The number of nitrogens with one attached hydrogen (secondary N) is 1. The lowest BCUT2D eigenvalue weighted by Crippen LogP contribution is -2.22. The minimum Gasteiger partial charge on any atom is -0.480 e. The molecule has 0 aliphatic heterocycles. The summed E-state index contributed by atoms with van der Waals surface area (Å²) in [7, 11) is 1.59. The second kappa shape index (κ2) is 7.64. The zero-order valence-electron chi connectivity index (χ0n) is 10.7. The predicted octanol–water partition coefficient (Wildman–Crippen LogP) is 1.94. The second-order valence-electron chi connectivity index (χ2n) is 3.58. The third-order valence-electron chi connectivity index (χ3n) is 2.41. The Kier molecular flexibility index (Phi) is 6.05. The summed E-state index contributed by atoms with van der Waals surface area (Å²) < 4.78 is 4.99. The van der Waals surface area contributed by atoms with Crippen molar-refractivity contribution in [1.29, 1.82) is 0 Å². The second-order valence-corrected chi connectivity index (χ2v) is 3.58. The molecule has 1 rings (SSSR count). The third kappa shape index (κ3) is 4.41. The van der Waals surface area contributed by atoms with Gasteiger partial charge in [0.1, 0.15) is 0 Å². The summed E-state index contributed by atoms with van der Waals surface area (Å²) in [6, 6.07) is 3.98. The van der Waals surface area contributed by atoms with E-state index in [0.717, 1.165) is 25.1 Å². The molecule has 1 heterocycles. The Bertz CT molecular complexity index is 378. The van der Waals surface area contributed by atoms with Crippen LogP contribution in [0.2, 0.25) is 0 Å². The van der Waals surface area contributed by atoms with Crippen molar-refractivity contribution in [3.05, 3.63) is 17.8 Å². The van der Waals surface area contributed by atoms with Crippen LogP contribution in [0.3, 0.4) is 0 Å². The minimum absolute atomic E-state index is 0.208. The minimum atomic E-state index is 0.208. The average molecular weight is 233 g/mol. The van der Waals surface area contributed by atoms with Gasteiger partial charge in [-0.2, -0.15) is 5.10 Å². The van der Waals surface area contributed by atoms with Crippen molar-refractivity contribution >= 4 is 0 Å². The lowest BCUT2D eigenvalue weighted by atomic mass is 10.1. The van der Waals surface area contributed by atoms with Crippen LogP contribution in [0.4, 0.5) is 0 Å². The van der Waals surface area contributed by atoms with Crippen molar-refractivity contribution in [3.8, 4) is 17.7 Å². The molecule has 0 saturated heterocycles. The molecule has 1 N–H and O–H groups in total. The number of hydrogen-bond donors (Lipinski definition) is 1. The molecule has 0 aliphatic carbocycles. The summed E-state index contributed by atoms with van der Waals surface area (Å²) in [6.07, 6.45) is 1.80. The molecule has 1 atom stereocenters. The molecule has 0 spiro atoms. The maximum atomic E-state index is 4.99. The van der Waals surface area contributed by atoms with E-state index in [2.05, 4.69) is 34.3 Å². The Hall–Kier alpha value is -1.60. The highest BCUT2D eigenvalue weighted by Gasteiger charge is 2.11. The highest BCUT2D eigenvalue weighted by atomic mass is 16.5. The first-order valence-corrected chi connectivity index (χ1v) is 5.82. The SMILES string of the molecule is CC#CCCC(NCC)c1ccc(OC)nn1. The Morgan fingerprint density at radius 1 is 1.41 bits per heavy atom. The normalized spacial score (nSPS) is 11.5. The van der Waals surface area contributed by atoms with Crippen LogP contribution in [0.1, 0.15) is 38.4 Å². The van der Waals surface area contributed by atoms with Crippen LogP contribution in [0.25, 0.3) is 0 Å². The van der Waals surface area contributed by atoms with Gasteiger partial charge in [-0.1, -0.05) is 6.92 Å². The van der Waals surface area contributed by atoms with Gasteiger partial charge in [0.15, 0.2) is 0 Å². The van der Waals surface area contributed by atoms with Gasteiger partial charge in [-0.05, 0) is 26.0 Å². The lowest BCUT2D eigenvalue weighted by molar-refractivity contribution is 0.388. The molecule has 1 unspecified atom stereocenters. The van der Waals surface area contributed by atoms with Crippen LogP contribution in [-0.4, -0.2) is 23.9 Å². The summed E-state index contributed by atoms with van der Waals surface area (Å²) >= 11 is 0. The van der Waals surface area contributed by atoms with E-state index >= 15 is 0 Å². The molecule has 0 saturated carbocycles. The van der Waals surface area contributed by atoms with Crippen molar-refractivity contribution < 1.29 is 4.74 Å². The molecule has 0 aliphatic rings. The fourth-order valence-electron chi connectivity index (χ4n) is 1.57. The van der Waals surface area contributed by atoms with Gasteiger partial charge < -0.3 is 10.1 Å². The van der Waals surface area contributed by atoms with Gasteiger partial charge in [-0.3, -0.25) is 0 Å². The first kappa shape index (κ1) is 13.5. The lowest BCUT2D eigenvalue weighted by Gasteiger charge is -2.15. The highest BCUT2D eigenvalue weighted by molar-refractivity contribution is 5.14. The van der Waals surface area contributed by atoms with E-state index < -0.39 is 0 Å². The maximum Gasteiger partial charge on any atom is 0.233 e. The van der Waals surface area contributed by atoms with Gasteiger partial charge in [0.2, 0.25) is 5.88 Å². The van der Waals surface area contributed by atoms with Gasteiger partial charge >= 0.3 is 0 Å². The van der Waals surface area contributed by atoms with Crippen LogP contribution in [0.15, 0.2) is 12.1 Å². The summed E-state index contributed by atoms with van der Waals surface area (Å²) in [4.78, 5) is 0. The van der Waals surface area contributed by atoms with E-state index in [4.69, 9.17) is 4.74 Å². The van der Waals surface area contributed by atoms with Crippen molar-refractivity contribution in [1.82, 2.24) is 15.5 Å². The van der Waals surface area contributed by atoms with Crippen molar-refractivity contribution in [2.45, 2.75) is 32.7 Å². The summed E-state index contributed by atoms with van der Waals surface area (Å²) in [6.45, 7) is 4.84. The van der Waals surface area contributed by atoms with Crippen LogP contribution in [0.5, 0.6) is 5.88 Å². The Balaban J connectivity index is 2.69. The molecule has 1 aromatic heterocycles. The van der Waals surface area contributed by atoms with E-state index in [-0.39, 0.29) is 6.04 Å². The molecule has 0 bridgehead atoms. The van der Waals surface area contributed by atoms with Crippen LogP contribution in [-0.2, 0) is 0 Å². The fourth-order valence-corrected chi connectivity index (χ4v) is 1.57. The zero-order chi connectivity index (χ0) is 12.5. The molecule has 4 heteroatoms. The largest absolute Gasteiger partial charge is 0.480 e. The summed E-state index contributed by atoms with van der Waals surface area (Å²) in [5.41, 5.74) is 0.936. The van der Waals surface area contributed by atoms with E-state index in [0.29, 0.717) is 5.88 Å². The van der Waals surface area contributed by atoms with E-state index in [9.17, 15) is 0 Å². The Labute approximate surface area is 103 Å². The highest BCUT2D eigenvalue weighted by Crippen LogP contribution is 2.16. The third-order valence-corrected chi connectivity index (χ3v) is 2.41. The van der Waals surface area contributed by atoms with Gasteiger partial charge in [-0.15, -0.1) is 16.9 Å². The molecule has 92 valence electrons. The number of hydrogen-bond acceptors (Lipinski definition) is 4. The monoisotopic (exact) mass is 233 g/mol. The van der Waals surface area contributed by atoms with Crippen molar-refractivity contribution in [3.63, 3.8) is 0 Å². The average Bonchev–Trinajstić information content (AvgIpc) is 2.38. The number of nitrogens with zero attached hydrogens (tertiary/aromatic N) is 2. The summed E-state index contributed by atoms with van der Waals surface area (Å²) in [5.74, 6) is 6.51.